The van der Waals surface area contributed by atoms with E-state index < -0.39 is 29.6 Å². The van der Waals surface area contributed by atoms with E-state index in [1.807, 2.05) is 0 Å². The number of aldehydes is 1. The van der Waals surface area contributed by atoms with Gasteiger partial charge < -0.3 is 5.11 Å². The van der Waals surface area contributed by atoms with Crippen LogP contribution >= 0.6 is 0 Å². The molecule has 0 atom stereocenters. The first kappa shape index (κ1) is 16.4. The second-order valence-corrected chi connectivity index (χ2v) is 3.02. The number of alkyl halides is 6. The number of rotatable bonds is 4. The Labute approximate surface area is 97.1 Å². The first-order valence-electron chi connectivity index (χ1n) is 4.16. The number of aliphatic hydroxyl groups is 1. The minimum absolute atomic E-state index is 0.0433. The highest BCUT2D eigenvalue weighted by Crippen LogP contribution is 2.44. The monoisotopic (exact) mass is 275 g/mol. The van der Waals surface area contributed by atoms with Gasteiger partial charge in [-0.05, 0) is 12.8 Å². The summed E-state index contributed by atoms with van der Waals surface area (Å²) >= 11 is 0. The van der Waals surface area contributed by atoms with Crippen molar-refractivity contribution in [2.45, 2.75) is 18.0 Å². The summed E-state index contributed by atoms with van der Waals surface area (Å²) in [5, 5.41) is 8.67. The van der Waals surface area contributed by atoms with Crippen molar-refractivity contribution in [2.24, 2.45) is 4.99 Å². The maximum absolute atomic E-state index is 12.2. The first-order chi connectivity index (χ1) is 7.99. The quantitative estimate of drug-likeness (QED) is 0.281. The fraction of sp³-hybridized carbons (Fsp3) is 0.333. The van der Waals surface area contributed by atoms with E-state index in [9.17, 15) is 31.1 Å². The van der Waals surface area contributed by atoms with E-state index in [1.165, 1.54) is 0 Å². The molecule has 0 aromatic rings. The lowest BCUT2D eigenvalue weighted by Crippen LogP contribution is -2.55. The van der Waals surface area contributed by atoms with Crippen molar-refractivity contribution < 1.29 is 36.2 Å². The molecule has 0 rings (SSSR count). The van der Waals surface area contributed by atoms with Gasteiger partial charge in [0.05, 0.1) is 0 Å². The van der Waals surface area contributed by atoms with Crippen LogP contribution < -0.4 is 0 Å². The molecule has 0 spiro atoms. The molecule has 0 aromatic heterocycles. The summed E-state index contributed by atoms with van der Waals surface area (Å²) in [6, 6.07) is 0. The van der Waals surface area contributed by atoms with Gasteiger partial charge in [0.1, 0.15) is 0 Å². The molecule has 1 N–H and O–H groups in total. The summed E-state index contributed by atoms with van der Waals surface area (Å²) in [6.45, 7) is 2.86. The van der Waals surface area contributed by atoms with Crippen LogP contribution in [0.25, 0.3) is 0 Å². The predicted molar refractivity (Wildman–Crippen MR) is 49.9 cm³/mol. The fourth-order valence-electron chi connectivity index (χ4n) is 0.785. The first-order valence-corrected chi connectivity index (χ1v) is 4.16. The van der Waals surface area contributed by atoms with Crippen LogP contribution in [0.4, 0.5) is 26.3 Å². The van der Waals surface area contributed by atoms with Crippen LogP contribution in [0.2, 0.25) is 0 Å². The molecule has 18 heavy (non-hydrogen) atoms. The SMILES string of the molecule is C=N/C=C(C=O)\C=C\C(O)(C(F)(F)F)C(F)(F)F. The number of allylic oxidation sites excluding steroid dienone is 2. The Hall–Kier alpha value is -1.64. The van der Waals surface area contributed by atoms with Crippen LogP contribution in [-0.2, 0) is 4.79 Å². The van der Waals surface area contributed by atoms with Crippen LogP contribution in [0, 0.1) is 0 Å². The number of hydrogen-bond donors (Lipinski definition) is 1. The van der Waals surface area contributed by atoms with Gasteiger partial charge in [0.25, 0.3) is 5.60 Å². The largest absolute Gasteiger partial charge is 0.430 e. The molecule has 0 aliphatic rings. The zero-order valence-corrected chi connectivity index (χ0v) is 8.59. The van der Waals surface area contributed by atoms with Gasteiger partial charge in [-0.1, -0.05) is 6.08 Å². The number of carbonyl (C=O) groups excluding carboxylic acids is 1. The molecule has 0 bridgehead atoms. The molecule has 102 valence electrons. The van der Waals surface area contributed by atoms with Crippen LogP contribution in [-0.4, -0.2) is 36.1 Å². The highest BCUT2D eigenvalue weighted by molar-refractivity contribution is 5.77. The molecule has 3 nitrogen and oxygen atoms in total. The molecule has 0 saturated heterocycles. The lowest BCUT2D eigenvalue weighted by molar-refractivity contribution is -0.347. The number of hydrogen-bond acceptors (Lipinski definition) is 3. The van der Waals surface area contributed by atoms with E-state index in [0.717, 1.165) is 0 Å². The molecule has 0 fully saturated rings. The number of halogens is 6. The highest BCUT2D eigenvalue weighted by atomic mass is 19.4. The van der Waals surface area contributed by atoms with Crippen molar-refractivity contribution in [3.8, 4) is 0 Å². The average Bonchev–Trinajstić information content (AvgIpc) is 2.20. The molecule has 0 saturated carbocycles. The van der Waals surface area contributed by atoms with Gasteiger partial charge in [-0.25, -0.2) is 0 Å². The smallest absolute Gasteiger partial charge is 0.370 e. The lowest BCUT2D eigenvalue weighted by atomic mass is 10.0. The zero-order valence-electron chi connectivity index (χ0n) is 8.59. The van der Waals surface area contributed by atoms with Gasteiger partial charge in [0.2, 0.25) is 0 Å². The topological polar surface area (TPSA) is 49.7 Å². The molecule has 0 unspecified atom stereocenters. The van der Waals surface area contributed by atoms with Gasteiger partial charge in [-0.3, -0.25) is 9.79 Å². The van der Waals surface area contributed by atoms with Crippen LogP contribution in [0.5, 0.6) is 0 Å². The molecular weight excluding hydrogens is 268 g/mol. The zero-order chi connectivity index (χ0) is 14.6. The minimum atomic E-state index is -5.97. The third-order valence-corrected chi connectivity index (χ3v) is 1.76. The fourth-order valence-corrected chi connectivity index (χ4v) is 0.785. The van der Waals surface area contributed by atoms with Gasteiger partial charge in [-0.2, -0.15) is 26.3 Å². The maximum atomic E-state index is 12.2. The summed E-state index contributed by atoms with van der Waals surface area (Å²) in [4.78, 5) is 13.3. The Morgan fingerprint density at radius 1 is 1.11 bits per heavy atom. The summed E-state index contributed by atoms with van der Waals surface area (Å²) in [6.07, 6.45) is -11.8. The Balaban J connectivity index is 5.55. The van der Waals surface area contributed by atoms with Crippen LogP contribution in [0.3, 0.4) is 0 Å². The summed E-state index contributed by atoms with van der Waals surface area (Å²) in [7, 11) is 0. The van der Waals surface area contributed by atoms with Gasteiger partial charge in [-0.15, -0.1) is 0 Å². The van der Waals surface area contributed by atoms with Crippen molar-refractivity contribution in [2.75, 3.05) is 0 Å². The van der Waals surface area contributed by atoms with Gasteiger partial charge in [0.15, 0.2) is 6.29 Å². The molecular formula is C9H7F6NO2. The van der Waals surface area contributed by atoms with Gasteiger partial charge >= 0.3 is 12.4 Å². The van der Waals surface area contributed by atoms with E-state index in [4.69, 9.17) is 5.11 Å². The van der Waals surface area contributed by atoms with Crippen molar-refractivity contribution >= 4 is 13.0 Å². The Kier molecular flexibility index (Phi) is 4.85. The lowest BCUT2D eigenvalue weighted by Gasteiger charge is -2.29. The van der Waals surface area contributed by atoms with E-state index >= 15 is 0 Å². The van der Waals surface area contributed by atoms with E-state index in [-0.39, 0.29) is 12.4 Å². The summed E-state index contributed by atoms with van der Waals surface area (Å²) < 4.78 is 73.1. The standard InChI is InChI=1S/C9H7F6NO2/c1-16-4-6(5-17)2-3-7(18,8(10,11)12)9(13,14)15/h2-5,18H,1H2/b3-2+,6-4+. The molecule has 0 amide bonds. The molecule has 0 aliphatic carbocycles. The van der Waals surface area contributed by atoms with E-state index in [2.05, 4.69) is 11.7 Å². The third kappa shape index (κ3) is 3.42. The van der Waals surface area contributed by atoms with E-state index in [0.29, 0.717) is 6.20 Å². The third-order valence-electron chi connectivity index (χ3n) is 1.76. The minimum Gasteiger partial charge on any atom is -0.370 e. The molecule has 0 heterocycles. The average molecular weight is 275 g/mol. The normalized spacial score (nSPS) is 14.9. The second-order valence-electron chi connectivity index (χ2n) is 3.02. The van der Waals surface area contributed by atoms with Crippen molar-refractivity contribution in [1.82, 2.24) is 0 Å². The Morgan fingerprint density at radius 2 is 1.56 bits per heavy atom. The van der Waals surface area contributed by atoms with Crippen molar-refractivity contribution in [3.63, 3.8) is 0 Å². The number of carbonyl (C=O) groups is 1. The molecule has 0 radical (unpaired) electrons. The number of aliphatic imine (C=N–C) groups is 1. The van der Waals surface area contributed by atoms with Crippen LogP contribution in [0.15, 0.2) is 28.9 Å². The number of nitrogens with zero attached hydrogens (tertiary/aromatic N) is 1. The molecule has 9 heteroatoms. The van der Waals surface area contributed by atoms with E-state index in [1.54, 1.807) is 0 Å². The summed E-state index contributed by atoms with van der Waals surface area (Å²) in [5.74, 6) is 0. The van der Waals surface area contributed by atoms with Crippen molar-refractivity contribution in [3.05, 3.63) is 23.9 Å². The van der Waals surface area contributed by atoms with Gasteiger partial charge in [0, 0.05) is 11.8 Å². The highest BCUT2D eigenvalue weighted by Gasteiger charge is 2.68. The van der Waals surface area contributed by atoms with Crippen LogP contribution in [0.1, 0.15) is 0 Å². The Bertz CT molecular complexity index is 365. The molecule has 0 aliphatic heterocycles. The second kappa shape index (κ2) is 5.34. The molecule has 0 aromatic carbocycles. The Morgan fingerprint density at radius 3 is 1.83 bits per heavy atom. The predicted octanol–water partition coefficient (Wildman–Crippen LogP) is 2.18. The maximum Gasteiger partial charge on any atom is 0.430 e. The van der Waals surface area contributed by atoms with Crippen molar-refractivity contribution in [1.29, 1.82) is 0 Å². The summed E-state index contributed by atoms with van der Waals surface area (Å²) in [5.41, 5.74) is -5.65.